The maximum absolute atomic E-state index is 13.8. The van der Waals surface area contributed by atoms with Crippen LogP contribution in [0.15, 0.2) is 18.2 Å². The normalized spacial score (nSPS) is 21.2. The summed E-state index contributed by atoms with van der Waals surface area (Å²) in [6.07, 6.45) is 4.26. The lowest BCUT2D eigenvalue weighted by molar-refractivity contribution is -0.117. The zero-order valence-electron chi connectivity index (χ0n) is 12.6. The lowest BCUT2D eigenvalue weighted by atomic mass is 9.83. The van der Waals surface area contributed by atoms with Crippen molar-refractivity contribution >= 4 is 17.6 Å². The number of methoxy groups -OCH3 is 1. The van der Waals surface area contributed by atoms with Crippen LogP contribution in [0.1, 0.15) is 42.5 Å². The van der Waals surface area contributed by atoms with Crippen molar-refractivity contribution in [3.63, 3.8) is 0 Å². The molecule has 1 amide bonds. The molecule has 0 aliphatic heterocycles. The molecule has 0 bridgehead atoms. The summed E-state index contributed by atoms with van der Waals surface area (Å²) >= 11 is 0. The molecule has 0 saturated heterocycles. The molecule has 1 saturated carbocycles. The van der Waals surface area contributed by atoms with E-state index in [1.165, 1.54) is 19.2 Å². The van der Waals surface area contributed by atoms with Crippen LogP contribution in [-0.2, 0) is 9.53 Å². The van der Waals surface area contributed by atoms with Gasteiger partial charge in [0.1, 0.15) is 5.82 Å². The molecule has 0 spiro atoms. The summed E-state index contributed by atoms with van der Waals surface area (Å²) in [5.41, 5.74) is 6.19. The molecule has 2 unspecified atom stereocenters. The molecule has 1 aliphatic rings. The van der Waals surface area contributed by atoms with Crippen LogP contribution in [0.3, 0.4) is 0 Å². The third-order valence-electron chi connectivity index (χ3n) is 4.08. The van der Waals surface area contributed by atoms with Crippen molar-refractivity contribution in [1.82, 2.24) is 0 Å². The number of carbonyl (C=O) groups is 2. The fraction of sp³-hybridized carbons (Fsp3) is 0.500. The van der Waals surface area contributed by atoms with Crippen molar-refractivity contribution in [1.29, 1.82) is 0 Å². The van der Waals surface area contributed by atoms with Crippen molar-refractivity contribution in [2.24, 2.45) is 11.7 Å². The van der Waals surface area contributed by atoms with Crippen LogP contribution in [-0.4, -0.2) is 25.0 Å². The third-order valence-corrected chi connectivity index (χ3v) is 4.08. The second-order valence-corrected chi connectivity index (χ2v) is 5.65. The van der Waals surface area contributed by atoms with E-state index in [1.54, 1.807) is 0 Å². The van der Waals surface area contributed by atoms with Crippen molar-refractivity contribution in [3.8, 4) is 0 Å². The molecule has 1 fully saturated rings. The minimum atomic E-state index is -0.589. The van der Waals surface area contributed by atoms with Gasteiger partial charge in [-0.3, -0.25) is 4.79 Å². The van der Waals surface area contributed by atoms with Gasteiger partial charge in [-0.1, -0.05) is 12.8 Å². The predicted octanol–water partition coefficient (Wildman–Crippen LogP) is 2.46. The number of anilines is 1. The van der Waals surface area contributed by atoms with Gasteiger partial charge in [0.05, 0.1) is 18.4 Å². The number of esters is 1. The summed E-state index contributed by atoms with van der Waals surface area (Å²) in [7, 11) is 1.24. The highest BCUT2D eigenvalue weighted by Gasteiger charge is 2.24. The van der Waals surface area contributed by atoms with Gasteiger partial charge in [-0.2, -0.15) is 0 Å². The number of hydrogen-bond acceptors (Lipinski definition) is 4. The predicted molar refractivity (Wildman–Crippen MR) is 80.9 cm³/mol. The molecule has 1 aromatic rings. The molecule has 1 aliphatic carbocycles. The van der Waals surface area contributed by atoms with Gasteiger partial charge in [0.25, 0.3) is 0 Å². The molecule has 0 aromatic heterocycles. The first kappa shape index (κ1) is 16.4. The van der Waals surface area contributed by atoms with E-state index in [4.69, 9.17) is 5.73 Å². The Morgan fingerprint density at radius 2 is 2.09 bits per heavy atom. The van der Waals surface area contributed by atoms with Crippen LogP contribution in [0, 0.1) is 11.7 Å². The lowest BCUT2D eigenvalue weighted by Crippen LogP contribution is -2.35. The van der Waals surface area contributed by atoms with Gasteiger partial charge in [-0.25, -0.2) is 9.18 Å². The molecule has 2 atom stereocenters. The molecular formula is C16H21FN2O3. The van der Waals surface area contributed by atoms with E-state index in [9.17, 15) is 14.0 Å². The van der Waals surface area contributed by atoms with Crippen molar-refractivity contribution in [2.45, 2.75) is 38.1 Å². The van der Waals surface area contributed by atoms with Crippen LogP contribution in [0.5, 0.6) is 0 Å². The number of hydrogen-bond donors (Lipinski definition) is 2. The van der Waals surface area contributed by atoms with E-state index < -0.39 is 11.8 Å². The van der Waals surface area contributed by atoms with Gasteiger partial charge in [0.15, 0.2) is 0 Å². The van der Waals surface area contributed by atoms with Gasteiger partial charge in [-0.05, 0) is 37.0 Å². The van der Waals surface area contributed by atoms with E-state index in [0.717, 1.165) is 31.7 Å². The third kappa shape index (κ3) is 4.04. The number of rotatable bonds is 4. The average Bonchev–Trinajstić information content (AvgIpc) is 2.51. The van der Waals surface area contributed by atoms with Crippen molar-refractivity contribution in [3.05, 3.63) is 29.6 Å². The molecule has 6 heteroatoms. The number of amides is 1. The molecule has 5 nitrogen and oxygen atoms in total. The minimum Gasteiger partial charge on any atom is -0.465 e. The number of ether oxygens (including phenoxy) is 1. The topological polar surface area (TPSA) is 81.4 Å². The Morgan fingerprint density at radius 3 is 2.77 bits per heavy atom. The summed E-state index contributed by atoms with van der Waals surface area (Å²) in [5, 5.41) is 2.52. The molecule has 1 aromatic carbocycles. The Labute approximate surface area is 129 Å². The van der Waals surface area contributed by atoms with Crippen molar-refractivity contribution < 1.29 is 18.7 Å². The maximum Gasteiger partial charge on any atom is 0.337 e. The summed E-state index contributed by atoms with van der Waals surface area (Å²) in [6.45, 7) is 0. The molecule has 0 heterocycles. The number of nitrogens with one attached hydrogen (secondary N) is 1. The Kier molecular flexibility index (Phi) is 5.49. The monoisotopic (exact) mass is 308 g/mol. The molecule has 3 N–H and O–H groups in total. The fourth-order valence-electron chi connectivity index (χ4n) is 2.80. The van der Waals surface area contributed by atoms with E-state index in [0.29, 0.717) is 0 Å². The molecule has 120 valence electrons. The van der Waals surface area contributed by atoms with Crippen molar-refractivity contribution in [2.75, 3.05) is 12.4 Å². The van der Waals surface area contributed by atoms with Crippen LogP contribution >= 0.6 is 0 Å². The first-order valence-corrected chi connectivity index (χ1v) is 7.44. The smallest absolute Gasteiger partial charge is 0.337 e. The van der Waals surface area contributed by atoms with Crippen LogP contribution < -0.4 is 11.1 Å². The zero-order chi connectivity index (χ0) is 16.1. The standard InChI is InChI=1S/C16H21FN2O3/c1-22-16(21)11-6-7-12(17)14(8-11)19-15(20)9-10-4-2-3-5-13(10)18/h6-8,10,13H,2-5,9,18H2,1H3,(H,19,20). The van der Waals surface area contributed by atoms with Crippen LogP contribution in [0.4, 0.5) is 10.1 Å². The number of carbonyl (C=O) groups excluding carboxylic acids is 2. The highest BCUT2D eigenvalue weighted by atomic mass is 19.1. The van der Waals surface area contributed by atoms with Crippen LogP contribution in [0.25, 0.3) is 0 Å². The minimum absolute atomic E-state index is 0.0164. The molecule has 2 rings (SSSR count). The van der Waals surface area contributed by atoms with E-state index in [1.807, 2.05) is 0 Å². The number of nitrogens with two attached hydrogens (primary N) is 1. The van der Waals surface area contributed by atoms with E-state index in [2.05, 4.69) is 10.1 Å². The summed E-state index contributed by atoms with van der Waals surface area (Å²) in [4.78, 5) is 23.5. The van der Waals surface area contributed by atoms with Gasteiger partial charge < -0.3 is 15.8 Å². The highest BCUT2D eigenvalue weighted by molar-refractivity contribution is 5.94. The SMILES string of the molecule is COC(=O)c1ccc(F)c(NC(=O)CC2CCCCC2N)c1. The average molecular weight is 308 g/mol. The van der Waals surface area contributed by atoms with Crippen LogP contribution in [0.2, 0.25) is 0 Å². The Bertz CT molecular complexity index is 562. The zero-order valence-corrected chi connectivity index (χ0v) is 12.6. The van der Waals surface area contributed by atoms with Gasteiger partial charge >= 0.3 is 5.97 Å². The second-order valence-electron chi connectivity index (χ2n) is 5.65. The summed E-state index contributed by atoms with van der Waals surface area (Å²) in [6, 6.07) is 3.74. The van der Waals surface area contributed by atoms with Gasteiger partial charge in [-0.15, -0.1) is 0 Å². The number of benzene rings is 1. The lowest BCUT2D eigenvalue weighted by Gasteiger charge is -2.27. The summed E-state index contributed by atoms with van der Waals surface area (Å²) < 4.78 is 18.3. The quantitative estimate of drug-likeness (QED) is 0.837. The van der Waals surface area contributed by atoms with Gasteiger partial charge in [0.2, 0.25) is 5.91 Å². The first-order valence-electron chi connectivity index (χ1n) is 7.44. The Morgan fingerprint density at radius 1 is 1.36 bits per heavy atom. The highest BCUT2D eigenvalue weighted by Crippen LogP contribution is 2.26. The Hall–Kier alpha value is -1.95. The Balaban J connectivity index is 2.03. The van der Waals surface area contributed by atoms with Gasteiger partial charge in [0, 0.05) is 12.5 Å². The van der Waals surface area contributed by atoms with E-state index >= 15 is 0 Å². The van der Waals surface area contributed by atoms with E-state index in [-0.39, 0.29) is 35.5 Å². The fourth-order valence-corrected chi connectivity index (χ4v) is 2.80. The largest absolute Gasteiger partial charge is 0.465 e. The second kappa shape index (κ2) is 7.35. The molecule has 22 heavy (non-hydrogen) atoms. The molecule has 0 radical (unpaired) electrons. The summed E-state index contributed by atoms with van der Waals surface area (Å²) in [5.74, 6) is -1.33. The molecular weight excluding hydrogens is 287 g/mol. The maximum atomic E-state index is 13.8. The number of halogens is 1. The first-order chi connectivity index (χ1) is 10.5.